The third-order valence-electron chi connectivity index (χ3n) is 5.71. The van der Waals surface area contributed by atoms with Crippen molar-refractivity contribution in [3.8, 4) is 22.6 Å². The van der Waals surface area contributed by atoms with Crippen molar-refractivity contribution in [1.29, 1.82) is 0 Å². The van der Waals surface area contributed by atoms with Gasteiger partial charge in [-0.05, 0) is 73.4 Å². The SMILES string of the molecule is CC(C)Oc1cc(-c2ccc(OCCNC[C@H](O)c3cccc(Cl)c3)cc2)ccc1C(=O)NS(=O)(=O)CCCO. The monoisotopic (exact) mass is 590 g/mol. The van der Waals surface area contributed by atoms with Crippen molar-refractivity contribution in [3.05, 3.63) is 82.9 Å². The molecule has 0 bridgehead atoms. The van der Waals surface area contributed by atoms with Crippen LogP contribution in [-0.2, 0) is 10.0 Å². The summed E-state index contributed by atoms with van der Waals surface area (Å²) in [5, 5.41) is 22.9. The first-order chi connectivity index (χ1) is 19.1. The van der Waals surface area contributed by atoms with Crippen LogP contribution in [0, 0.1) is 0 Å². The largest absolute Gasteiger partial charge is 0.492 e. The number of halogens is 1. The van der Waals surface area contributed by atoms with Gasteiger partial charge in [0.2, 0.25) is 10.0 Å². The highest BCUT2D eigenvalue weighted by Crippen LogP contribution is 2.29. The predicted molar refractivity (Wildman–Crippen MR) is 155 cm³/mol. The van der Waals surface area contributed by atoms with Crippen molar-refractivity contribution in [3.63, 3.8) is 0 Å². The zero-order chi connectivity index (χ0) is 29.1. The first-order valence-electron chi connectivity index (χ1n) is 12.9. The number of hydrogen-bond acceptors (Lipinski definition) is 8. The highest BCUT2D eigenvalue weighted by Gasteiger charge is 2.20. The van der Waals surface area contributed by atoms with Crippen LogP contribution in [0.2, 0.25) is 5.02 Å². The minimum Gasteiger partial charge on any atom is -0.492 e. The summed E-state index contributed by atoms with van der Waals surface area (Å²) in [6.07, 6.45) is -0.889. The molecule has 216 valence electrons. The number of aliphatic hydroxyl groups is 2. The lowest BCUT2D eigenvalue weighted by Gasteiger charge is -2.16. The van der Waals surface area contributed by atoms with Crippen LogP contribution in [-0.4, -0.2) is 62.7 Å². The van der Waals surface area contributed by atoms with Gasteiger partial charge in [0, 0.05) is 24.7 Å². The molecule has 1 atom stereocenters. The molecule has 11 heteroatoms. The second-order valence-corrected chi connectivity index (χ2v) is 11.6. The van der Waals surface area contributed by atoms with Crippen molar-refractivity contribution in [2.45, 2.75) is 32.5 Å². The molecule has 40 heavy (non-hydrogen) atoms. The average Bonchev–Trinajstić information content (AvgIpc) is 2.91. The maximum Gasteiger partial charge on any atom is 0.268 e. The first-order valence-corrected chi connectivity index (χ1v) is 14.9. The zero-order valence-electron chi connectivity index (χ0n) is 22.5. The van der Waals surface area contributed by atoms with Crippen LogP contribution >= 0.6 is 11.6 Å². The molecule has 0 aliphatic heterocycles. The smallest absolute Gasteiger partial charge is 0.268 e. The standard InChI is InChI=1S/C29H35ClN2O7S/c1-20(2)39-28-18-22(9-12-26(28)29(35)32-40(36,37)16-4-14-33)21-7-10-25(11-8-21)38-15-13-31-19-27(34)23-5-3-6-24(30)17-23/h3,5-12,17-18,20,27,31,33-34H,4,13-16,19H2,1-2H3,(H,32,35)/t27-/m0/s1. The Bertz CT molecular complexity index is 1370. The van der Waals surface area contributed by atoms with Crippen molar-refractivity contribution < 1.29 is 32.9 Å². The Morgan fingerprint density at radius 1 is 1.02 bits per heavy atom. The normalized spacial score (nSPS) is 12.2. The second-order valence-electron chi connectivity index (χ2n) is 9.35. The molecule has 3 rings (SSSR count). The summed E-state index contributed by atoms with van der Waals surface area (Å²) >= 11 is 5.97. The molecule has 0 saturated heterocycles. The highest BCUT2D eigenvalue weighted by molar-refractivity contribution is 7.90. The maximum atomic E-state index is 12.7. The van der Waals surface area contributed by atoms with Gasteiger partial charge in [-0.2, -0.15) is 0 Å². The third kappa shape index (κ3) is 9.79. The van der Waals surface area contributed by atoms with E-state index in [0.29, 0.717) is 30.5 Å². The molecule has 3 aromatic rings. The molecular weight excluding hydrogens is 556 g/mol. The molecule has 0 aromatic heterocycles. The Hall–Kier alpha value is -3.15. The van der Waals surface area contributed by atoms with Crippen LogP contribution in [0.25, 0.3) is 11.1 Å². The maximum absolute atomic E-state index is 12.7. The summed E-state index contributed by atoms with van der Waals surface area (Å²) in [6.45, 7) is 4.64. The van der Waals surface area contributed by atoms with E-state index in [2.05, 4.69) is 5.32 Å². The molecule has 0 radical (unpaired) electrons. The molecule has 0 aliphatic carbocycles. The summed E-state index contributed by atoms with van der Waals surface area (Å²) in [7, 11) is -3.88. The molecule has 0 unspecified atom stereocenters. The van der Waals surface area contributed by atoms with Crippen LogP contribution in [0.4, 0.5) is 0 Å². The summed E-state index contributed by atoms with van der Waals surface area (Å²) < 4.78 is 37.9. The van der Waals surface area contributed by atoms with Gasteiger partial charge in [-0.1, -0.05) is 41.9 Å². The quantitative estimate of drug-likeness (QED) is 0.196. The van der Waals surface area contributed by atoms with Crippen molar-refractivity contribution in [1.82, 2.24) is 10.0 Å². The van der Waals surface area contributed by atoms with Gasteiger partial charge in [-0.3, -0.25) is 4.79 Å². The number of hydrogen-bond donors (Lipinski definition) is 4. The van der Waals surface area contributed by atoms with E-state index in [9.17, 15) is 18.3 Å². The van der Waals surface area contributed by atoms with Gasteiger partial charge < -0.3 is 25.0 Å². The lowest BCUT2D eigenvalue weighted by Crippen LogP contribution is -2.33. The number of carbonyl (C=O) groups excluding carboxylic acids is 1. The minimum absolute atomic E-state index is 0.0280. The summed E-state index contributed by atoms with van der Waals surface area (Å²) in [6, 6.07) is 19.4. The van der Waals surface area contributed by atoms with E-state index < -0.39 is 22.0 Å². The van der Waals surface area contributed by atoms with E-state index >= 15 is 0 Å². The Morgan fingerprint density at radius 2 is 1.75 bits per heavy atom. The summed E-state index contributed by atoms with van der Waals surface area (Å²) in [4.78, 5) is 12.7. The van der Waals surface area contributed by atoms with Gasteiger partial charge in [0.15, 0.2) is 0 Å². The topological polar surface area (TPSA) is 134 Å². The number of carbonyl (C=O) groups is 1. The van der Waals surface area contributed by atoms with Crippen LogP contribution in [0.5, 0.6) is 11.5 Å². The molecule has 1 amide bonds. The molecule has 0 heterocycles. The second kappa shape index (κ2) is 15.0. The van der Waals surface area contributed by atoms with E-state index in [4.69, 9.17) is 26.2 Å². The Labute approximate surface area is 240 Å². The lowest BCUT2D eigenvalue weighted by atomic mass is 10.0. The molecule has 0 saturated carbocycles. The predicted octanol–water partition coefficient (Wildman–Crippen LogP) is 3.94. The number of nitrogens with one attached hydrogen (secondary N) is 2. The summed E-state index contributed by atoms with van der Waals surface area (Å²) in [5.74, 6) is -0.224. The highest BCUT2D eigenvalue weighted by atomic mass is 35.5. The van der Waals surface area contributed by atoms with Crippen LogP contribution < -0.4 is 19.5 Å². The van der Waals surface area contributed by atoms with Gasteiger partial charge in [0.25, 0.3) is 5.91 Å². The fourth-order valence-electron chi connectivity index (χ4n) is 3.80. The van der Waals surface area contributed by atoms with Gasteiger partial charge in [0.05, 0.1) is 23.5 Å². The zero-order valence-corrected chi connectivity index (χ0v) is 24.0. The Balaban J connectivity index is 1.59. The van der Waals surface area contributed by atoms with Gasteiger partial charge in [-0.15, -0.1) is 0 Å². The van der Waals surface area contributed by atoms with E-state index in [1.54, 1.807) is 30.3 Å². The molecule has 0 aliphatic rings. The summed E-state index contributed by atoms with van der Waals surface area (Å²) in [5.41, 5.74) is 2.47. The van der Waals surface area contributed by atoms with E-state index in [1.807, 2.05) is 48.9 Å². The van der Waals surface area contributed by atoms with Crippen LogP contribution in [0.15, 0.2) is 66.7 Å². The van der Waals surface area contributed by atoms with Gasteiger partial charge >= 0.3 is 0 Å². The third-order valence-corrected chi connectivity index (χ3v) is 7.27. The number of rotatable bonds is 15. The molecule has 0 fully saturated rings. The lowest BCUT2D eigenvalue weighted by molar-refractivity contribution is 0.0975. The van der Waals surface area contributed by atoms with Gasteiger partial charge in [0.1, 0.15) is 18.1 Å². The van der Waals surface area contributed by atoms with E-state index in [1.165, 1.54) is 6.07 Å². The fourth-order valence-corrected chi connectivity index (χ4v) is 5.00. The van der Waals surface area contributed by atoms with Crippen molar-refractivity contribution >= 4 is 27.5 Å². The number of sulfonamides is 1. The Morgan fingerprint density at radius 3 is 2.42 bits per heavy atom. The molecule has 3 aromatic carbocycles. The van der Waals surface area contributed by atoms with Crippen LogP contribution in [0.3, 0.4) is 0 Å². The number of benzene rings is 3. The number of amides is 1. The first kappa shape index (κ1) is 31.4. The average molecular weight is 591 g/mol. The number of aliphatic hydroxyl groups excluding tert-OH is 2. The fraction of sp³-hybridized carbons (Fsp3) is 0.345. The van der Waals surface area contributed by atoms with Crippen molar-refractivity contribution in [2.75, 3.05) is 32.1 Å². The molecule has 0 spiro atoms. The molecular formula is C29H35ClN2O7S. The Kier molecular flexibility index (Phi) is 11.8. The van der Waals surface area contributed by atoms with Crippen molar-refractivity contribution in [2.24, 2.45) is 0 Å². The number of ether oxygens (including phenoxy) is 2. The van der Waals surface area contributed by atoms with Crippen LogP contribution in [0.1, 0.15) is 42.3 Å². The minimum atomic E-state index is -3.88. The van der Waals surface area contributed by atoms with E-state index in [-0.39, 0.29) is 36.2 Å². The van der Waals surface area contributed by atoms with E-state index in [0.717, 1.165) is 16.7 Å². The molecule has 9 nitrogen and oxygen atoms in total. The molecule has 4 N–H and O–H groups in total. The van der Waals surface area contributed by atoms with Gasteiger partial charge in [-0.25, -0.2) is 13.1 Å².